The van der Waals surface area contributed by atoms with Gasteiger partial charge in [-0.25, -0.2) is 14.3 Å². The zero-order chi connectivity index (χ0) is 19.4. The van der Waals surface area contributed by atoms with Crippen molar-refractivity contribution in [3.8, 4) is 0 Å². The van der Waals surface area contributed by atoms with Gasteiger partial charge in [0, 0.05) is 24.4 Å². The van der Waals surface area contributed by atoms with Crippen molar-refractivity contribution in [1.29, 1.82) is 0 Å². The molecule has 0 saturated heterocycles. The smallest absolute Gasteiger partial charge is 0.335 e. The molecule has 2 N–H and O–H groups in total. The summed E-state index contributed by atoms with van der Waals surface area (Å²) in [4.78, 5) is 31.5. The average molecular weight is 367 g/mol. The lowest BCUT2D eigenvalue weighted by Gasteiger charge is -2.10. The minimum Gasteiger partial charge on any atom is -0.478 e. The van der Waals surface area contributed by atoms with Gasteiger partial charge >= 0.3 is 5.97 Å². The third-order valence-corrected chi connectivity index (χ3v) is 4.53. The Morgan fingerprint density at radius 2 is 1.89 bits per heavy atom. The van der Waals surface area contributed by atoms with Crippen LogP contribution in [0.5, 0.6) is 0 Å². The molecule has 0 atom stereocenters. The Balaban J connectivity index is 1.51. The first kappa shape index (κ1) is 18.5. The second-order valence-corrected chi connectivity index (χ2v) is 6.34. The first-order chi connectivity index (χ1) is 13.0. The van der Waals surface area contributed by atoms with Crippen molar-refractivity contribution in [2.24, 2.45) is 0 Å². The molecule has 0 radical (unpaired) electrons. The fraction of sp³-hybridized carbons (Fsp3) is 0.316. The summed E-state index contributed by atoms with van der Waals surface area (Å²) in [5.74, 6) is -0.416. The van der Waals surface area contributed by atoms with Crippen molar-refractivity contribution in [2.45, 2.75) is 33.1 Å². The SMILES string of the molecule is Cc1nc2ncnn2c(C)c1CCC(=O)NCCc1ccc(C(=O)O)cc1. The highest BCUT2D eigenvalue weighted by atomic mass is 16.4. The molecule has 0 aliphatic rings. The lowest BCUT2D eigenvalue weighted by atomic mass is 10.1. The number of benzene rings is 1. The lowest BCUT2D eigenvalue weighted by Crippen LogP contribution is -2.26. The first-order valence-corrected chi connectivity index (χ1v) is 8.70. The molecule has 8 nitrogen and oxygen atoms in total. The van der Waals surface area contributed by atoms with E-state index >= 15 is 0 Å². The predicted molar refractivity (Wildman–Crippen MR) is 98.7 cm³/mol. The summed E-state index contributed by atoms with van der Waals surface area (Å²) in [6.07, 6.45) is 3.06. The number of fused-ring (bicyclic) bond motifs is 1. The zero-order valence-electron chi connectivity index (χ0n) is 15.3. The zero-order valence-corrected chi connectivity index (χ0v) is 15.3. The molecular weight excluding hydrogens is 346 g/mol. The molecule has 140 valence electrons. The van der Waals surface area contributed by atoms with Gasteiger partial charge in [-0.2, -0.15) is 10.1 Å². The number of carboxylic acids is 1. The van der Waals surface area contributed by atoms with E-state index in [4.69, 9.17) is 5.11 Å². The summed E-state index contributed by atoms with van der Waals surface area (Å²) >= 11 is 0. The van der Waals surface area contributed by atoms with Gasteiger partial charge in [-0.1, -0.05) is 12.1 Å². The lowest BCUT2D eigenvalue weighted by molar-refractivity contribution is -0.121. The molecule has 3 rings (SSSR count). The Labute approximate surface area is 156 Å². The van der Waals surface area contributed by atoms with Crippen molar-refractivity contribution < 1.29 is 14.7 Å². The van der Waals surface area contributed by atoms with E-state index in [0.29, 0.717) is 31.6 Å². The van der Waals surface area contributed by atoms with E-state index in [2.05, 4.69) is 20.4 Å². The third-order valence-electron chi connectivity index (χ3n) is 4.53. The van der Waals surface area contributed by atoms with Gasteiger partial charge in [-0.05, 0) is 49.9 Å². The van der Waals surface area contributed by atoms with Crippen molar-refractivity contribution in [1.82, 2.24) is 24.9 Å². The van der Waals surface area contributed by atoms with E-state index in [0.717, 1.165) is 22.5 Å². The van der Waals surface area contributed by atoms with Gasteiger partial charge in [0.25, 0.3) is 5.78 Å². The molecule has 0 aliphatic carbocycles. The highest BCUT2D eigenvalue weighted by Gasteiger charge is 2.12. The molecule has 0 saturated carbocycles. The van der Waals surface area contributed by atoms with Gasteiger partial charge in [0.2, 0.25) is 5.91 Å². The van der Waals surface area contributed by atoms with Crippen LogP contribution < -0.4 is 5.32 Å². The highest BCUT2D eigenvalue weighted by molar-refractivity contribution is 5.87. The van der Waals surface area contributed by atoms with E-state index in [9.17, 15) is 9.59 Å². The maximum absolute atomic E-state index is 12.1. The minimum absolute atomic E-state index is 0.0327. The molecule has 1 amide bonds. The summed E-state index contributed by atoms with van der Waals surface area (Å²) in [5.41, 5.74) is 4.05. The maximum atomic E-state index is 12.1. The van der Waals surface area contributed by atoms with Crippen LogP contribution >= 0.6 is 0 Å². The first-order valence-electron chi connectivity index (χ1n) is 8.70. The van der Waals surface area contributed by atoms with Gasteiger partial charge in [0.15, 0.2) is 0 Å². The standard InChI is InChI=1S/C19H21N5O3/c1-12-16(13(2)24-19(23-12)21-11-22-24)7-8-17(25)20-10-9-14-3-5-15(6-4-14)18(26)27/h3-6,11H,7-10H2,1-2H3,(H,20,25)(H,26,27). The van der Waals surface area contributed by atoms with Crippen LogP contribution in [0.15, 0.2) is 30.6 Å². The Morgan fingerprint density at radius 3 is 2.59 bits per heavy atom. The number of hydrogen-bond donors (Lipinski definition) is 2. The monoisotopic (exact) mass is 367 g/mol. The molecule has 1 aromatic carbocycles. The quantitative estimate of drug-likeness (QED) is 0.658. The molecule has 2 heterocycles. The Morgan fingerprint density at radius 1 is 1.15 bits per heavy atom. The molecular formula is C19H21N5O3. The fourth-order valence-corrected chi connectivity index (χ4v) is 3.00. The summed E-state index contributed by atoms with van der Waals surface area (Å²) in [7, 11) is 0. The molecule has 8 heteroatoms. The van der Waals surface area contributed by atoms with Crippen LogP contribution in [-0.2, 0) is 17.6 Å². The third kappa shape index (κ3) is 4.28. The van der Waals surface area contributed by atoms with Gasteiger partial charge in [-0.15, -0.1) is 0 Å². The number of aryl methyl sites for hydroxylation is 2. The van der Waals surface area contributed by atoms with Crippen LogP contribution in [0.4, 0.5) is 0 Å². The summed E-state index contributed by atoms with van der Waals surface area (Å²) in [5, 5.41) is 15.9. The molecule has 0 unspecified atom stereocenters. The highest BCUT2D eigenvalue weighted by Crippen LogP contribution is 2.14. The summed E-state index contributed by atoms with van der Waals surface area (Å²) in [6, 6.07) is 6.67. The average Bonchev–Trinajstić information content (AvgIpc) is 3.10. The fourth-order valence-electron chi connectivity index (χ4n) is 3.00. The number of carbonyl (C=O) groups excluding carboxylic acids is 1. The van der Waals surface area contributed by atoms with E-state index in [1.807, 2.05) is 13.8 Å². The van der Waals surface area contributed by atoms with Gasteiger partial charge < -0.3 is 10.4 Å². The van der Waals surface area contributed by atoms with Crippen LogP contribution in [0.3, 0.4) is 0 Å². The summed E-state index contributed by atoms with van der Waals surface area (Å²) < 4.78 is 1.68. The van der Waals surface area contributed by atoms with Crippen LogP contribution in [0.25, 0.3) is 5.78 Å². The Bertz CT molecular complexity index is 979. The maximum Gasteiger partial charge on any atom is 0.335 e. The van der Waals surface area contributed by atoms with E-state index in [1.165, 1.54) is 6.33 Å². The normalized spacial score (nSPS) is 10.9. The second kappa shape index (κ2) is 7.94. The van der Waals surface area contributed by atoms with Gasteiger partial charge in [-0.3, -0.25) is 4.79 Å². The molecule has 3 aromatic rings. The second-order valence-electron chi connectivity index (χ2n) is 6.34. The number of amides is 1. The van der Waals surface area contributed by atoms with Crippen LogP contribution in [0.1, 0.15) is 39.3 Å². The van der Waals surface area contributed by atoms with Crippen molar-refractivity contribution in [2.75, 3.05) is 6.54 Å². The number of carboxylic acid groups (broad SMARTS) is 1. The number of nitrogens with zero attached hydrogens (tertiary/aromatic N) is 4. The Kier molecular flexibility index (Phi) is 5.44. The molecule has 0 fully saturated rings. The van der Waals surface area contributed by atoms with Crippen LogP contribution in [0.2, 0.25) is 0 Å². The number of nitrogens with one attached hydrogen (secondary N) is 1. The van der Waals surface area contributed by atoms with Gasteiger partial charge in [0.1, 0.15) is 6.33 Å². The van der Waals surface area contributed by atoms with Crippen LogP contribution in [0, 0.1) is 13.8 Å². The molecule has 0 spiro atoms. The Hall–Kier alpha value is -3.29. The topological polar surface area (TPSA) is 109 Å². The number of aromatic nitrogens is 4. The minimum atomic E-state index is -0.945. The predicted octanol–water partition coefficient (Wildman–Crippen LogP) is 1.73. The molecule has 0 aliphatic heterocycles. The van der Waals surface area contributed by atoms with Crippen molar-refractivity contribution in [3.05, 3.63) is 58.7 Å². The van der Waals surface area contributed by atoms with E-state index < -0.39 is 5.97 Å². The largest absolute Gasteiger partial charge is 0.478 e. The molecule has 0 bridgehead atoms. The summed E-state index contributed by atoms with van der Waals surface area (Å²) in [6.45, 7) is 4.36. The van der Waals surface area contributed by atoms with Crippen molar-refractivity contribution in [3.63, 3.8) is 0 Å². The van der Waals surface area contributed by atoms with E-state index in [-0.39, 0.29) is 11.5 Å². The van der Waals surface area contributed by atoms with Crippen molar-refractivity contribution >= 4 is 17.7 Å². The molecule has 27 heavy (non-hydrogen) atoms. The number of aromatic carboxylic acids is 1. The number of carbonyl (C=O) groups is 2. The van der Waals surface area contributed by atoms with Crippen LogP contribution in [-0.4, -0.2) is 43.1 Å². The molecule has 2 aromatic heterocycles. The number of hydrogen-bond acceptors (Lipinski definition) is 5. The number of rotatable bonds is 7. The van der Waals surface area contributed by atoms with Gasteiger partial charge in [0.05, 0.1) is 5.56 Å². The van der Waals surface area contributed by atoms with E-state index in [1.54, 1.807) is 28.8 Å².